The molecular formula is C24H16Cl2N2O. The number of nitrogens with one attached hydrogen (secondary N) is 1. The van der Waals surface area contributed by atoms with Gasteiger partial charge >= 0.3 is 0 Å². The van der Waals surface area contributed by atoms with Gasteiger partial charge in [0.2, 0.25) is 0 Å². The number of carbonyl (C=O) groups is 1. The summed E-state index contributed by atoms with van der Waals surface area (Å²) in [4.78, 5) is 15.4. The third kappa shape index (κ3) is 3.03. The van der Waals surface area contributed by atoms with E-state index in [9.17, 15) is 4.79 Å². The van der Waals surface area contributed by atoms with Crippen LogP contribution in [-0.4, -0.2) is 5.91 Å². The van der Waals surface area contributed by atoms with E-state index < -0.39 is 6.17 Å². The molecule has 1 aliphatic heterocycles. The normalized spacial score (nSPS) is 15.9. The van der Waals surface area contributed by atoms with Crippen LogP contribution in [0.1, 0.15) is 22.1 Å². The molecule has 1 heterocycles. The summed E-state index contributed by atoms with van der Waals surface area (Å²) < 4.78 is 0. The van der Waals surface area contributed by atoms with E-state index in [1.807, 2.05) is 72.8 Å². The number of benzene rings is 4. The number of rotatable bonds is 2. The lowest BCUT2D eigenvalue weighted by atomic mass is 10.0. The van der Waals surface area contributed by atoms with Gasteiger partial charge in [-0.25, -0.2) is 0 Å². The Labute approximate surface area is 178 Å². The van der Waals surface area contributed by atoms with Crippen LogP contribution in [0.5, 0.6) is 0 Å². The van der Waals surface area contributed by atoms with Crippen LogP contribution in [0.4, 0.5) is 11.4 Å². The fourth-order valence-electron chi connectivity index (χ4n) is 3.86. The molecule has 0 aromatic heterocycles. The molecule has 0 spiro atoms. The Morgan fingerprint density at radius 3 is 2.45 bits per heavy atom. The summed E-state index contributed by atoms with van der Waals surface area (Å²) in [6, 6.07) is 26.9. The van der Waals surface area contributed by atoms with Crippen molar-refractivity contribution < 1.29 is 4.79 Å². The van der Waals surface area contributed by atoms with Crippen LogP contribution in [0.2, 0.25) is 10.0 Å². The SMILES string of the molecule is O=C1c2ccccc2NC(c2ccc(Cl)cc2Cl)N1c1cccc2ccccc12. The predicted octanol–water partition coefficient (Wildman–Crippen LogP) is 6.92. The summed E-state index contributed by atoms with van der Waals surface area (Å²) >= 11 is 12.7. The Hall–Kier alpha value is -3.01. The van der Waals surface area contributed by atoms with E-state index in [1.165, 1.54) is 0 Å². The molecule has 0 aliphatic carbocycles. The summed E-state index contributed by atoms with van der Waals surface area (Å²) in [6.45, 7) is 0. The zero-order valence-corrected chi connectivity index (χ0v) is 16.8. The molecule has 1 N–H and O–H groups in total. The van der Waals surface area contributed by atoms with E-state index in [4.69, 9.17) is 23.2 Å². The summed E-state index contributed by atoms with van der Waals surface area (Å²) in [6.07, 6.45) is -0.465. The van der Waals surface area contributed by atoms with Gasteiger partial charge in [-0.1, -0.05) is 77.8 Å². The Balaban J connectivity index is 1.76. The number of hydrogen-bond acceptors (Lipinski definition) is 2. The highest BCUT2D eigenvalue weighted by molar-refractivity contribution is 6.35. The van der Waals surface area contributed by atoms with Gasteiger partial charge in [-0.15, -0.1) is 0 Å². The fraction of sp³-hybridized carbons (Fsp3) is 0.0417. The van der Waals surface area contributed by atoms with E-state index in [1.54, 1.807) is 17.0 Å². The first-order valence-corrected chi connectivity index (χ1v) is 10.0. The zero-order valence-electron chi connectivity index (χ0n) is 15.3. The molecule has 1 atom stereocenters. The highest BCUT2D eigenvalue weighted by atomic mass is 35.5. The van der Waals surface area contributed by atoms with Crippen LogP contribution in [0.25, 0.3) is 10.8 Å². The Morgan fingerprint density at radius 2 is 1.59 bits per heavy atom. The molecule has 1 unspecified atom stereocenters. The molecule has 4 aromatic rings. The summed E-state index contributed by atoms with van der Waals surface area (Å²) in [5, 5.41) is 6.62. The summed E-state index contributed by atoms with van der Waals surface area (Å²) in [5.74, 6) is -0.0771. The lowest BCUT2D eigenvalue weighted by molar-refractivity contribution is 0.0975. The van der Waals surface area contributed by atoms with E-state index in [-0.39, 0.29) is 5.91 Å². The van der Waals surface area contributed by atoms with Gasteiger partial charge in [-0.3, -0.25) is 9.69 Å². The Kier molecular flexibility index (Phi) is 4.42. The van der Waals surface area contributed by atoms with Gasteiger partial charge in [-0.05, 0) is 35.7 Å². The minimum atomic E-state index is -0.465. The molecule has 0 saturated carbocycles. The molecule has 4 aromatic carbocycles. The molecule has 1 amide bonds. The van der Waals surface area contributed by atoms with Crippen LogP contribution >= 0.6 is 23.2 Å². The molecule has 3 nitrogen and oxygen atoms in total. The lowest BCUT2D eigenvalue weighted by Gasteiger charge is -2.39. The number of hydrogen-bond donors (Lipinski definition) is 1. The van der Waals surface area contributed by atoms with Gasteiger partial charge < -0.3 is 5.32 Å². The number of para-hydroxylation sites is 1. The second-order valence-electron chi connectivity index (χ2n) is 6.93. The molecular weight excluding hydrogens is 403 g/mol. The molecule has 0 bridgehead atoms. The van der Waals surface area contributed by atoms with Crippen LogP contribution in [0, 0.1) is 0 Å². The predicted molar refractivity (Wildman–Crippen MR) is 120 cm³/mol. The maximum Gasteiger partial charge on any atom is 0.262 e. The highest BCUT2D eigenvalue weighted by Crippen LogP contribution is 2.41. The molecule has 0 fully saturated rings. The average Bonchev–Trinajstić information content (AvgIpc) is 2.74. The van der Waals surface area contributed by atoms with Crippen molar-refractivity contribution in [3.63, 3.8) is 0 Å². The third-order valence-corrected chi connectivity index (χ3v) is 5.77. The summed E-state index contributed by atoms with van der Waals surface area (Å²) in [7, 11) is 0. The van der Waals surface area contributed by atoms with E-state index in [0.717, 1.165) is 27.7 Å². The average molecular weight is 419 g/mol. The Bertz CT molecular complexity index is 1250. The molecule has 0 saturated heterocycles. The van der Waals surface area contributed by atoms with Gasteiger partial charge in [0.05, 0.1) is 11.3 Å². The van der Waals surface area contributed by atoms with Crippen LogP contribution in [-0.2, 0) is 0 Å². The fourth-order valence-corrected chi connectivity index (χ4v) is 4.37. The maximum atomic E-state index is 13.6. The topological polar surface area (TPSA) is 32.3 Å². The van der Waals surface area contributed by atoms with Gasteiger partial charge in [0.15, 0.2) is 0 Å². The van der Waals surface area contributed by atoms with Gasteiger partial charge in [0, 0.05) is 26.7 Å². The smallest absolute Gasteiger partial charge is 0.262 e. The van der Waals surface area contributed by atoms with Gasteiger partial charge in [0.25, 0.3) is 5.91 Å². The molecule has 0 radical (unpaired) electrons. The maximum absolute atomic E-state index is 13.6. The lowest BCUT2D eigenvalue weighted by Crippen LogP contribution is -2.43. The van der Waals surface area contributed by atoms with Crippen LogP contribution in [0.3, 0.4) is 0 Å². The minimum absolute atomic E-state index is 0.0771. The Morgan fingerprint density at radius 1 is 0.828 bits per heavy atom. The number of fused-ring (bicyclic) bond motifs is 2. The summed E-state index contributed by atoms with van der Waals surface area (Å²) in [5.41, 5.74) is 3.02. The van der Waals surface area contributed by atoms with E-state index >= 15 is 0 Å². The zero-order chi connectivity index (χ0) is 20.0. The van der Waals surface area contributed by atoms with E-state index in [2.05, 4.69) is 5.32 Å². The minimum Gasteiger partial charge on any atom is -0.360 e. The quantitative estimate of drug-likeness (QED) is 0.383. The standard InChI is InChI=1S/C24H16Cl2N2O/c25-16-12-13-18(20(26)14-16)23-27-21-10-4-3-9-19(21)24(29)28(23)22-11-5-7-15-6-1-2-8-17(15)22/h1-14,23,27H. The van der Waals surface area contributed by atoms with Crippen molar-refractivity contribution in [1.29, 1.82) is 0 Å². The first-order chi connectivity index (χ1) is 14.1. The van der Waals surface area contributed by atoms with Crippen molar-refractivity contribution in [2.45, 2.75) is 6.17 Å². The second kappa shape index (κ2) is 7.11. The number of anilines is 2. The monoisotopic (exact) mass is 418 g/mol. The molecule has 1 aliphatic rings. The number of nitrogens with zero attached hydrogens (tertiary/aromatic N) is 1. The largest absolute Gasteiger partial charge is 0.360 e. The van der Waals surface area contributed by atoms with Crippen molar-refractivity contribution in [1.82, 2.24) is 0 Å². The van der Waals surface area contributed by atoms with Crippen molar-refractivity contribution >= 4 is 51.3 Å². The van der Waals surface area contributed by atoms with Crippen molar-refractivity contribution in [2.75, 3.05) is 10.2 Å². The first kappa shape index (κ1) is 18.0. The first-order valence-electron chi connectivity index (χ1n) is 9.25. The number of carbonyl (C=O) groups excluding carboxylic acids is 1. The molecule has 5 heteroatoms. The number of halogens is 2. The van der Waals surface area contributed by atoms with Crippen molar-refractivity contribution in [3.8, 4) is 0 Å². The molecule has 5 rings (SSSR count). The van der Waals surface area contributed by atoms with Crippen LogP contribution < -0.4 is 10.2 Å². The van der Waals surface area contributed by atoms with Crippen molar-refractivity contribution in [3.05, 3.63) is 106 Å². The second-order valence-corrected chi connectivity index (χ2v) is 7.78. The highest BCUT2D eigenvalue weighted by Gasteiger charge is 2.35. The number of amides is 1. The van der Waals surface area contributed by atoms with Gasteiger partial charge in [0.1, 0.15) is 6.17 Å². The van der Waals surface area contributed by atoms with Crippen LogP contribution in [0.15, 0.2) is 84.9 Å². The molecule has 29 heavy (non-hydrogen) atoms. The van der Waals surface area contributed by atoms with E-state index in [0.29, 0.717) is 15.6 Å². The van der Waals surface area contributed by atoms with Crippen molar-refractivity contribution in [2.24, 2.45) is 0 Å². The molecule has 142 valence electrons. The third-order valence-electron chi connectivity index (χ3n) is 5.21. The van der Waals surface area contributed by atoms with Gasteiger partial charge in [-0.2, -0.15) is 0 Å².